The van der Waals surface area contributed by atoms with E-state index in [-0.39, 0.29) is 22.3 Å². The quantitative estimate of drug-likeness (QED) is 0.584. The molecule has 0 spiro atoms. The Morgan fingerprint density at radius 2 is 1.66 bits per heavy atom. The van der Waals surface area contributed by atoms with Crippen LogP contribution in [-0.2, 0) is 19.6 Å². The fraction of sp³-hybridized carbons (Fsp3) is 0.571. The molecule has 0 radical (unpaired) electrons. The van der Waals surface area contributed by atoms with Gasteiger partial charge in [-0.2, -0.15) is 4.31 Å². The van der Waals surface area contributed by atoms with Crippen molar-refractivity contribution in [1.29, 1.82) is 0 Å². The Morgan fingerprint density at radius 3 is 2.22 bits per heavy atom. The van der Waals surface area contributed by atoms with Crippen LogP contribution in [0.1, 0.15) is 56.8 Å². The van der Waals surface area contributed by atoms with E-state index in [0.717, 1.165) is 25.7 Å². The number of imide groups is 1. The van der Waals surface area contributed by atoms with E-state index < -0.39 is 34.0 Å². The van der Waals surface area contributed by atoms with Gasteiger partial charge in [0, 0.05) is 19.1 Å². The lowest BCUT2D eigenvalue weighted by atomic mass is 10.2. The van der Waals surface area contributed by atoms with E-state index in [2.05, 4.69) is 10.6 Å². The number of rotatable bonds is 7. The monoisotopic (exact) mass is 469 g/mol. The van der Waals surface area contributed by atoms with Gasteiger partial charge >= 0.3 is 12.0 Å². The Balaban J connectivity index is 2.20. The molecule has 2 rings (SSSR count). The maximum Gasteiger partial charge on any atom is 0.342 e. The van der Waals surface area contributed by atoms with Crippen molar-refractivity contribution in [3.8, 4) is 5.75 Å². The maximum absolute atomic E-state index is 13.1. The van der Waals surface area contributed by atoms with E-state index in [4.69, 9.17) is 9.47 Å². The Morgan fingerprint density at radius 1 is 1.03 bits per heavy atom. The number of sulfonamides is 1. The molecule has 0 saturated carbocycles. The Labute approximate surface area is 188 Å². The topological polar surface area (TPSA) is 131 Å². The smallest absolute Gasteiger partial charge is 0.342 e. The summed E-state index contributed by atoms with van der Waals surface area (Å²) in [6.45, 7) is 5.60. The second kappa shape index (κ2) is 11.3. The molecule has 1 atom stereocenters. The average Bonchev–Trinajstić information content (AvgIpc) is 3.02. The zero-order chi connectivity index (χ0) is 23.9. The molecular weight excluding hydrogens is 438 g/mol. The minimum absolute atomic E-state index is 0.0550. The molecule has 3 amide bonds. The summed E-state index contributed by atoms with van der Waals surface area (Å²) >= 11 is 0. The molecule has 32 heavy (non-hydrogen) atoms. The Hall–Kier alpha value is -2.66. The number of hydrogen-bond acceptors (Lipinski definition) is 7. The first-order valence-corrected chi connectivity index (χ1v) is 12.0. The number of benzene rings is 1. The summed E-state index contributed by atoms with van der Waals surface area (Å²) in [5.74, 6) is -1.65. The van der Waals surface area contributed by atoms with Gasteiger partial charge in [0.1, 0.15) is 11.3 Å². The summed E-state index contributed by atoms with van der Waals surface area (Å²) < 4.78 is 37.9. The molecule has 10 nitrogen and oxygen atoms in total. The van der Waals surface area contributed by atoms with Gasteiger partial charge in [0.05, 0.1) is 12.0 Å². The standard InChI is InChI=1S/C21H31N3O7S/c1-14(2)22-21(27)23-19(25)15(3)31-20(26)17-13-16(9-10-18(17)30-4)32(28,29)24-11-7-5-6-8-12-24/h9-10,13-15H,5-8,11-12H2,1-4H3,(H2,22,23,25,27). The lowest BCUT2D eigenvalue weighted by Gasteiger charge is -2.21. The van der Waals surface area contributed by atoms with Gasteiger partial charge < -0.3 is 14.8 Å². The predicted molar refractivity (Wildman–Crippen MR) is 117 cm³/mol. The zero-order valence-corrected chi connectivity index (χ0v) is 19.7. The summed E-state index contributed by atoms with van der Waals surface area (Å²) in [6, 6.07) is 3.05. The third-order valence-corrected chi connectivity index (χ3v) is 6.80. The van der Waals surface area contributed by atoms with E-state index in [0.29, 0.717) is 13.1 Å². The van der Waals surface area contributed by atoms with Gasteiger partial charge in [0.25, 0.3) is 5.91 Å². The van der Waals surface area contributed by atoms with E-state index >= 15 is 0 Å². The van der Waals surface area contributed by atoms with Crippen molar-refractivity contribution in [2.75, 3.05) is 20.2 Å². The van der Waals surface area contributed by atoms with Crippen LogP contribution in [0, 0.1) is 0 Å². The van der Waals surface area contributed by atoms with Crippen LogP contribution in [0.5, 0.6) is 5.75 Å². The number of urea groups is 1. The summed E-state index contributed by atoms with van der Waals surface area (Å²) in [7, 11) is -2.47. The highest BCUT2D eigenvalue weighted by atomic mass is 32.2. The zero-order valence-electron chi connectivity index (χ0n) is 18.8. The van der Waals surface area contributed by atoms with Crippen molar-refractivity contribution < 1.29 is 32.3 Å². The summed E-state index contributed by atoms with van der Waals surface area (Å²) in [4.78, 5) is 36.5. The number of nitrogens with one attached hydrogen (secondary N) is 2. The van der Waals surface area contributed by atoms with E-state index in [9.17, 15) is 22.8 Å². The fourth-order valence-electron chi connectivity index (χ4n) is 3.23. The SMILES string of the molecule is COc1ccc(S(=O)(=O)N2CCCCCC2)cc1C(=O)OC(C)C(=O)NC(=O)NC(C)C. The summed E-state index contributed by atoms with van der Waals surface area (Å²) in [6.07, 6.45) is 2.21. The number of carbonyl (C=O) groups is 3. The number of hydrogen-bond donors (Lipinski definition) is 2. The molecule has 2 N–H and O–H groups in total. The molecule has 1 aromatic carbocycles. The molecule has 1 saturated heterocycles. The van der Waals surface area contributed by atoms with Crippen molar-refractivity contribution in [2.45, 2.75) is 63.5 Å². The molecule has 1 aliphatic rings. The molecule has 1 unspecified atom stereocenters. The normalized spacial score (nSPS) is 16.0. The van der Waals surface area contributed by atoms with E-state index in [1.165, 1.54) is 36.5 Å². The molecule has 1 aliphatic heterocycles. The van der Waals surface area contributed by atoms with Crippen molar-refractivity contribution >= 4 is 27.9 Å². The van der Waals surface area contributed by atoms with Crippen molar-refractivity contribution in [2.24, 2.45) is 0 Å². The predicted octanol–water partition coefficient (Wildman–Crippen LogP) is 2.04. The lowest BCUT2D eigenvalue weighted by Crippen LogP contribution is -2.46. The average molecular weight is 470 g/mol. The molecule has 11 heteroatoms. The highest BCUT2D eigenvalue weighted by Crippen LogP contribution is 2.27. The number of methoxy groups -OCH3 is 1. The molecule has 0 aromatic heterocycles. The number of nitrogens with zero attached hydrogens (tertiary/aromatic N) is 1. The summed E-state index contributed by atoms with van der Waals surface area (Å²) in [5, 5.41) is 4.57. The number of carbonyl (C=O) groups excluding carboxylic acids is 3. The van der Waals surface area contributed by atoms with Gasteiger partial charge in [-0.1, -0.05) is 12.8 Å². The third-order valence-electron chi connectivity index (χ3n) is 4.90. The Kier molecular flexibility index (Phi) is 9.02. The van der Waals surface area contributed by atoms with Crippen LogP contribution >= 0.6 is 0 Å². The maximum atomic E-state index is 13.1. The van der Waals surface area contributed by atoms with Gasteiger partial charge in [0.2, 0.25) is 10.0 Å². The van der Waals surface area contributed by atoms with Crippen LogP contribution in [0.2, 0.25) is 0 Å². The largest absolute Gasteiger partial charge is 0.496 e. The lowest BCUT2D eigenvalue weighted by molar-refractivity contribution is -0.127. The molecular formula is C21H31N3O7S. The van der Waals surface area contributed by atoms with Crippen molar-refractivity contribution in [3.05, 3.63) is 23.8 Å². The van der Waals surface area contributed by atoms with Gasteiger partial charge in [-0.3, -0.25) is 10.1 Å². The van der Waals surface area contributed by atoms with Crippen LogP contribution in [0.3, 0.4) is 0 Å². The molecule has 1 aromatic rings. The van der Waals surface area contributed by atoms with Gasteiger partial charge in [-0.15, -0.1) is 0 Å². The first-order valence-electron chi connectivity index (χ1n) is 10.6. The number of amides is 3. The Bertz CT molecular complexity index is 939. The van der Waals surface area contributed by atoms with Crippen LogP contribution < -0.4 is 15.4 Å². The molecule has 1 heterocycles. The minimum Gasteiger partial charge on any atom is -0.496 e. The first-order chi connectivity index (χ1) is 15.1. The second-order valence-electron chi connectivity index (χ2n) is 7.85. The van der Waals surface area contributed by atoms with E-state index in [1.54, 1.807) is 13.8 Å². The molecule has 1 fully saturated rings. The highest BCUT2D eigenvalue weighted by Gasteiger charge is 2.28. The summed E-state index contributed by atoms with van der Waals surface area (Å²) in [5.41, 5.74) is -0.130. The fourth-order valence-corrected chi connectivity index (χ4v) is 4.77. The highest BCUT2D eigenvalue weighted by molar-refractivity contribution is 7.89. The van der Waals surface area contributed by atoms with Crippen LogP contribution in [0.15, 0.2) is 23.1 Å². The molecule has 0 aliphatic carbocycles. The van der Waals surface area contributed by atoms with E-state index in [1.807, 2.05) is 0 Å². The van der Waals surface area contributed by atoms with Gasteiger partial charge in [-0.25, -0.2) is 18.0 Å². The van der Waals surface area contributed by atoms with Crippen LogP contribution in [0.4, 0.5) is 4.79 Å². The second-order valence-corrected chi connectivity index (χ2v) is 9.78. The van der Waals surface area contributed by atoms with Crippen LogP contribution in [-0.4, -0.2) is 63.0 Å². The first kappa shape index (κ1) is 25.6. The van der Waals surface area contributed by atoms with Crippen LogP contribution in [0.25, 0.3) is 0 Å². The molecule has 0 bridgehead atoms. The molecule has 178 valence electrons. The number of esters is 1. The van der Waals surface area contributed by atoms with Crippen molar-refractivity contribution in [1.82, 2.24) is 14.9 Å². The third kappa shape index (κ3) is 6.67. The number of ether oxygens (including phenoxy) is 2. The minimum atomic E-state index is -3.80. The van der Waals surface area contributed by atoms with Gasteiger partial charge in [-0.05, 0) is 51.8 Å². The van der Waals surface area contributed by atoms with Crippen molar-refractivity contribution in [3.63, 3.8) is 0 Å². The van der Waals surface area contributed by atoms with Gasteiger partial charge in [0.15, 0.2) is 6.10 Å².